The molecule has 0 N–H and O–H groups in total. The van der Waals surface area contributed by atoms with Gasteiger partial charge in [0.05, 0.1) is 11.5 Å². The Balaban J connectivity index is 2.73. The van der Waals surface area contributed by atoms with Crippen LogP contribution in [0.5, 0.6) is 0 Å². The lowest BCUT2D eigenvalue weighted by Gasteiger charge is -2.21. The van der Waals surface area contributed by atoms with E-state index in [1.54, 1.807) is 12.4 Å². The first kappa shape index (κ1) is 11.7. The lowest BCUT2D eigenvalue weighted by molar-refractivity contribution is 0.508. The Labute approximate surface area is 92.0 Å². The van der Waals surface area contributed by atoms with Crippen LogP contribution in [0.15, 0.2) is 24.5 Å². The summed E-state index contributed by atoms with van der Waals surface area (Å²) < 4.78 is 0. The fraction of sp³-hybridized carbons (Fsp3) is 0.538. The molecular formula is C13H18N2. The third kappa shape index (κ3) is 3.06. The van der Waals surface area contributed by atoms with E-state index < -0.39 is 0 Å². The van der Waals surface area contributed by atoms with Gasteiger partial charge in [0, 0.05) is 12.4 Å². The van der Waals surface area contributed by atoms with Crippen LogP contribution in [0.2, 0.25) is 0 Å². The zero-order valence-electron chi connectivity index (χ0n) is 9.53. The predicted molar refractivity (Wildman–Crippen MR) is 61.3 cm³/mol. The fourth-order valence-electron chi connectivity index (χ4n) is 1.68. The Bertz CT molecular complexity index is 326. The number of hydrogen-bond donors (Lipinski definition) is 0. The Morgan fingerprint density at radius 1 is 1.47 bits per heavy atom. The highest BCUT2D eigenvalue weighted by Gasteiger charge is 2.25. The average Bonchev–Trinajstić information content (AvgIpc) is 2.30. The number of nitriles is 1. The first-order chi connectivity index (χ1) is 7.23. The molecule has 1 rings (SSSR count). The van der Waals surface area contributed by atoms with Gasteiger partial charge in [0.1, 0.15) is 0 Å². The highest BCUT2D eigenvalue weighted by Crippen LogP contribution is 2.28. The molecule has 0 saturated carbocycles. The van der Waals surface area contributed by atoms with E-state index in [-0.39, 0.29) is 5.41 Å². The first-order valence-electron chi connectivity index (χ1n) is 5.54. The maximum Gasteiger partial charge on any atom is 0.0809 e. The van der Waals surface area contributed by atoms with E-state index in [0.717, 1.165) is 18.4 Å². The summed E-state index contributed by atoms with van der Waals surface area (Å²) in [5.74, 6) is 0. The van der Waals surface area contributed by atoms with Crippen LogP contribution in [0.1, 0.15) is 45.1 Å². The van der Waals surface area contributed by atoms with Crippen LogP contribution in [-0.4, -0.2) is 4.98 Å². The van der Waals surface area contributed by atoms with Gasteiger partial charge in [-0.25, -0.2) is 0 Å². The van der Waals surface area contributed by atoms with Gasteiger partial charge in [0.2, 0.25) is 0 Å². The smallest absolute Gasteiger partial charge is 0.0809 e. The topological polar surface area (TPSA) is 36.7 Å². The largest absolute Gasteiger partial charge is 0.264 e. The average molecular weight is 202 g/mol. The predicted octanol–water partition coefficient (Wildman–Crippen LogP) is 3.44. The van der Waals surface area contributed by atoms with Crippen LogP contribution in [0.4, 0.5) is 0 Å². The molecule has 0 bridgehead atoms. The molecule has 0 aromatic carbocycles. The van der Waals surface area contributed by atoms with Crippen molar-refractivity contribution < 1.29 is 0 Å². The van der Waals surface area contributed by atoms with Gasteiger partial charge in [0.15, 0.2) is 0 Å². The first-order valence-corrected chi connectivity index (χ1v) is 5.54. The van der Waals surface area contributed by atoms with E-state index in [9.17, 15) is 5.26 Å². The molecule has 80 valence electrons. The Morgan fingerprint density at radius 2 is 2.27 bits per heavy atom. The lowest BCUT2D eigenvalue weighted by Crippen LogP contribution is -2.19. The standard InChI is InChI=1S/C13H18N2/c1-3-4-5-8-13(2,11-14)12-7-6-9-15-10-12/h6-7,9-10H,3-5,8H2,1-2H3. The van der Waals surface area contributed by atoms with E-state index in [4.69, 9.17) is 0 Å². The maximum atomic E-state index is 9.26. The normalized spacial score (nSPS) is 14.2. The minimum atomic E-state index is -0.372. The SMILES string of the molecule is CCCCCC(C)(C#N)c1cccnc1. The van der Waals surface area contributed by atoms with Crippen molar-refractivity contribution in [3.63, 3.8) is 0 Å². The summed E-state index contributed by atoms with van der Waals surface area (Å²) in [7, 11) is 0. The summed E-state index contributed by atoms with van der Waals surface area (Å²) in [6, 6.07) is 6.30. The van der Waals surface area contributed by atoms with Gasteiger partial charge < -0.3 is 0 Å². The quantitative estimate of drug-likeness (QED) is 0.686. The summed E-state index contributed by atoms with van der Waals surface area (Å²) in [6.07, 6.45) is 7.95. The molecule has 0 aliphatic carbocycles. The van der Waals surface area contributed by atoms with Crippen LogP contribution in [0.25, 0.3) is 0 Å². The fourth-order valence-corrected chi connectivity index (χ4v) is 1.68. The highest BCUT2D eigenvalue weighted by atomic mass is 14.6. The van der Waals surface area contributed by atoms with Gasteiger partial charge in [0.25, 0.3) is 0 Å². The molecule has 0 radical (unpaired) electrons. The highest BCUT2D eigenvalue weighted by molar-refractivity contribution is 5.28. The van der Waals surface area contributed by atoms with Gasteiger partial charge in [-0.15, -0.1) is 0 Å². The van der Waals surface area contributed by atoms with Crippen LogP contribution < -0.4 is 0 Å². The Kier molecular flexibility index (Phi) is 4.30. The van der Waals surface area contributed by atoms with Crippen molar-refractivity contribution in [1.82, 2.24) is 4.98 Å². The van der Waals surface area contributed by atoms with Gasteiger partial charge in [-0.3, -0.25) is 4.98 Å². The lowest BCUT2D eigenvalue weighted by atomic mass is 9.80. The number of unbranched alkanes of at least 4 members (excludes halogenated alkanes) is 2. The summed E-state index contributed by atoms with van der Waals surface area (Å²) in [6.45, 7) is 4.17. The Morgan fingerprint density at radius 3 is 2.80 bits per heavy atom. The van der Waals surface area contributed by atoms with Crippen molar-refractivity contribution in [3.05, 3.63) is 30.1 Å². The number of nitrogens with zero attached hydrogens (tertiary/aromatic N) is 2. The van der Waals surface area contributed by atoms with Gasteiger partial charge in [-0.1, -0.05) is 32.3 Å². The molecule has 0 fully saturated rings. The second-order valence-corrected chi connectivity index (χ2v) is 4.14. The third-order valence-electron chi connectivity index (χ3n) is 2.83. The molecule has 1 aromatic rings. The van der Waals surface area contributed by atoms with Crippen LogP contribution >= 0.6 is 0 Å². The van der Waals surface area contributed by atoms with Crippen LogP contribution in [0.3, 0.4) is 0 Å². The van der Waals surface area contributed by atoms with E-state index in [2.05, 4.69) is 18.0 Å². The monoisotopic (exact) mass is 202 g/mol. The molecule has 1 aromatic heterocycles. The second kappa shape index (κ2) is 5.50. The number of pyridine rings is 1. The van der Waals surface area contributed by atoms with E-state index >= 15 is 0 Å². The van der Waals surface area contributed by atoms with Crippen molar-refractivity contribution in [2.45, 2.75) is 44.9 Å². The molecule has 1 atom stereocenters. The number of rotatable bonds is 5. The van der Waals surface area contributed by atoms with Crippen molar-refractivity contribution in [2.75, 3.05) is 0 Å². The zero-order chi connectivity index (χ0) is 11.1. The van der Waals surface area contributed by atoms with Crippen molar-refractivity contribution in [1.29, 1.82) is 5.26 Å². The molecular weight excluding hydrogens is 184 g/mol. The van der Waals surface area contributed by atoms with Crippen molar-refractivity contribution in [3.8, 4) is 6.07 Å². The van der Waals surface area contributed by atoms with Crippen LogP contribution in [-0.2, 0) is 5.41 Å². The van der Waals surface area contributed by atoms with Gasteiger partial charge >= 0.3 is 0 Å². The summed E-state index contributed by atoms with van der Waals surface area (Å²) >= 11 is 0. The van der Waals surface area contributed by atoms with Crippen LogP contribution in [0, 0.1) is 11.3 Å². The summed E-state index contributed by atoms with van der Waals surface area (Å²) in [5, 5.41) is 9.26. The summed E-state index contributed by atoms with van der Waals surface area (Å²) in [4.78, 5) is 4.08. The van der Waals surface area contributed by atoms with E-state index in [0.29, 0.717) is 0 Å². The minimum Gasteiger partial charge on any atom is -0.264 e. The molecule has 0 saturated heterocycles. The minimum absolute atomic E-state index is 0.372. The molecule has 0 amide bonds. The molecule has 2 heteroatoms. The molecule has 0 aliphatic heterocycles. The Hall–Kier alpha value is -1.36. The zero-order valence-corrected chi connectivity index (χ0v) is 9.53. The van der Waals surface area contributed by atoms with Crippen molar-refractivity contribution in [2.24, 2.45) is 0 Å². The molecule has 1 unspecified atom stereocenters. The molecule has 0 spiro atoms. The molecule has 15 heavy (non-hydrogen) atoms. The molecule has 2 nitrogen and oxygen atoms in total. The summed E-state index contributed by atoms with van der Waals surface area (Å²) in [5.41, 5.74) is 0.660. The van der Waals surface area contributed by atoms with E-state index in [1.165, 1.54) is 12.8 Å². The van der Waals surface area contributed by atoms with Gasteiger partial charge in [-0.2, -0.15) is 5.26 Å². The second-order valence-electron chi connectivity index (χ2n) is 4.14. The van der Waals surface area contributed by atoms with Gasteiger partial charge in [-0.05, 0) is 25.0 Å². The molecule has 0 aliphatic rings. The maximum absolute atomic E-state index is 9.26. The van der Waals surface area contributed by atoms with E-state index in [1.807, 2.05) is 19.1 Å². The number of aromatic nitrogens is 1. The van der Waals surface area contributed by atoms with Crippen molar-refractivity contribution >= 4 is 0 Å². The molecule has 1 heterocycles. The third-order valence-corrected chi connectivity index (χ3v) is 2.83. The number of hydrogen-bond acceptors (Lipinski definition) is 2.